The Hall–Kier alpha value is -1.60. The first-order valence-electron chi connectivity index (χ1n) is 5.77. The van der Waals surface area contributed by atoms with E-state index in [0.717, 1.165) is 22.5 Å². The van der Waals surface area contributed by atoms with Crippen LogP contribution >= 0.6 is 11.6 Å². The van der Waals surface area contributed by atoms with E-state index in [1.807, 2.05) is 0 Å². The monoisotopic (exact) mass is 318 g/mol. The van der Waals surface area contributed by atoms with Crippen LogP contribution in [0.15, 0.2) is 28.8 Å². The van der Waals surface area contributed by atoms with Gasteiger partial charge in [-0.15, -0.1) is 0 Å². The predicted molar refractivity (Wildman–Crippen MR) is 72.8 cm³/mol. The number of hydrogen-bond acceptors (Lipinski definition) is 3. The third-order valence-corrected chi connectivity index (χ3v) is 5.09. The van der Waals surface area contributed by atoms with Crippen molar-refractivity contribution in [2.75, 3.05) is 13.6 Å². The first-order valence-corrected chi connectivity index (χ1v) is 7.59. The number of amides is 1. The number of carbonyl (C=O) groups excluding carboxylic acids is 1. The number of benzene rings is 1. The molecule has 1 amide bonds. The molecule has 0 bridgehead atoms. The molecular formula is C12H12ClFN2O3S. The van der Waals surface area contributed by atoms with Gasteiger partial charge >= 0.3 is 0 Å². The average Bonchev–Trinajstić information content (AvgIpc) is 2.37. The minimum absolute atomic E-state index is 0.00832. The van der Waals surface area contributed by atoms with E-state index in [0.29, 0.717) is 6.54 Å². The van der Waals surface area contributed by atoms with Gasteiger partial charge in [-0.05, 0) is 25.1 Å². The molecule has 1 heterocycles. The van der Waals surface area contributed by atoms with Gasteiger partial charge in [-0.1, -0.05) is 11.6 Å². The van der Waals surface area contributed by atoms with Crippen LogP contribution in [-0.2, 0) is 14.8 Å². The molecule has 0 unspecified atom stereocenters. The highest BCUT2D eigenvalue weighted by Crippen LogP contribution is 2.38. The SMILES string of the molecule is CCNC(=O)C1=C(Cl)c2cc(F)ccc2S(=O)(=O)N1C. The lowest BCUT2D eigenvalue weighted by molar-refractivity contribution is -0.118. The van der Waals surface area contributed by atoms with Crippen molar-refractivity contribution in [2.24, 2.45) is 0 Å². The average molecular weight is 319 g/mol. The van der Waals surface area contributed by atoms with E-state index >= 15 is 0 Å². The van der Waals surface area contributed by atoms with Gasteiger partial charge in [0.05, 0.1) is 9.93 Å². The van der Waals surface area contributed by atoms with Crippen molar-refractivity contribution in [1.29, 1.82) is 0 Å². The fourth-order valence-corrected chi connectivity index (χ4v) is 3.78. The van der Waals surface area contributed by atoms with Gasteiger partial charge in [0, 0.05) is 19.2 Å². The van der Waals surface area contributed by atoms with Crippen LogP contribution in [0.25, 0.3) is 5.03 Å². The van der Waals surface area contributed by atoms with Crippen molar-refractivity contribution in [3.63, 3.8) is 0 Å². The van der Waals surface area contributed by atoms with Crippen LogP contribution < -0.4 is 5.32 Å². The van der Waals surface area contributed by atoms with E-state index in [1.54, 1.807) is 6.92 Å². The summed E-state index contributed by atoms with van der Waals surface area (Å²) < 4.78 is 38.7. The number of sulfonamides is 1. The minimum Gasteiger partial charge on any atom is -0.351 e. The van der Waals surface area contributed by atoms with Crippen LogP contribution in [0.5, 0.6) is 0 Å². The molecule has 1 aliphatic rings. The van der Waals surface area contributed by atoms with Crippen LogP contribution in [0.3, 0.4) is 0 Å². The van der Waals surface area contributed by atoms with Gasteiger partial charge in [-0.3, -0.25) is 9.10 Å². The maximum absolute atomic E-state index is 13.3. The summed E-state index contributed by atoms with van der Waals surface area (Å²) in [4.78, 5) is 11.8. The lowest BCUT2D eigenvalue weighted by Gasteiger charge is -2.28. The first-order chi connectivity index (χ1) is 9.30. The molecule has 0 radical (unpaired) electrons. The Bertz CT molecular complexity index is 715. The van der Waals surface area contributed by atoms with Crippen LogP contribution in [-0.4, -0.2) is 32.2 Å². The molecule has 2 rings (SSSR count). The Morgan fingerprint density at radius 3 is 2.70 bits per heavy atom. The Kier molecular flexibility index (Phi) is 3.75. The molecule has 0 aromatic heterocycles. The number of fused-ring (bicyclic) bond motifs is 1. The lowest BCUT2D eigenvalue weighted by Crippen LogP contribution is -2.39. The Balaban J connectivity index is 2.75. The summed E-state index contributed by atoms with van der Waals surface area (Å²) in [7, 11) is -2.69. The second-order valence-electron chi connectivity index (χ2n) is 4.14. The third kappa shape index (κ3) is 2.16. The zero-order chi connectivity index (χ0) is 15.1. The number of nitrogens with one attached hydrogen (secondary N) is 1. The zero-order valence-corrected chi connectivity index (χ0v) is 12.3. The number of likely N-dealkylation sites (N-methyl/N-ethyl adjacent to an activating group) is 2. The van der Waals surface area contributed by atoms with Crippen molar-refractivity contribution in [1.82, 2.24) is 9.62 Å². The number of hydrogen-bond donors (Lipinski definition) is 1. The van der Waals surface area contributed by atoms with E-state index in [1.165, 1.54) is 7.05 Å². The molecule has 1 N–H and O–H groups in total. The molecule has 1 aromatic rings. The van der Waals surface area contributed by atoms with Crippen molar-refractivity contribution in [3.05, 3.63) is 35.3 Å². The third-order valence-electron chi connectivity index (χ3n) is 2.89. The molecule has 108 valence electrons. The fraction of sp³-hybridized carbons (Fsp3) is 0.250. The summed E-state index contributed by atoms with van der Waals surface area (Å²) in [5.41, 5.74) is -0.224. The van der Waals surface area contributed by atoms with Gasteiger partial charge in [0.2, 0.25) is 0 Å². The highest BCUT2D eigenvalue weighted by Gasteiger charge is 2.37. The summed E-state index contributed by atoms with van der Waals surface area (Å²) in [6.45, 7) is 2.01. The van der Waals surface area contributed by atoms with Gasteiger partial charge < -0.3 is 5.32 Å². The second kappa shape index (κ2) is 5.06. The lowest BCUT2D eigenvalue weighted by atomic mass is 10.1. The van der Waals surface area contributed by atoms with Crippen molar-refractivity contribution < 1.29 is 17.6 Å². The molecule has 0 saturated carbocycles. The molecular weight excluding hydrogens is 307 g/mol. The van der Waals surface area contributed by atoms with Crippen LogP contribution in [0.4, 0.5) is 4.39 Å². The number of halogens is 2. The maximum atomic E-state index is 13.3. The molecule has 0 spiro atoms. The summed E-state index contributed by atoms with van der Waals surface area (Å²) in [5, 5.41) is 2.38. The fourth-order valence-electron chi connectivity index (χ4n) is 1.92. The molecule has 0 saturated heterocycles. The molecule has 0 fully saturated rings. The van der Waals surface area contributed by atoms with Gasteiger partial charge in [0.25, 0.3) is 15.9 Å². The summed E-state index contributed by atoms with van der Waals surface area (Å²) in [5.74, 6) is -1.25. The Morgan fingerprint density at radius 2 is 2.10 bits per heavy atom. The normalized spacial score (nSPS) is 16.9. The predicted octanol–water partition coefficient (Wildman–Crippen LogP) is 1.50. The first kappa shape index (κ1) is 14.8. The van der Waals surface area contributed by atoms with Crippen LogP contribution in [0, 0.1) is 5.82 Å². The van der Waals surface area contributed by atoms with E-state index in [9.17, 15) is 17.6 Å². The van der Waals surface area contributed by atoms with Gasteiger partial charge in [0.15, 0.2) is 0 Å². The van der Waals surface area contributed by atoms with Crippen LogP contribution in [0.1, 0.15) is 12.5 Å². The van der Waals surface area contributed by atoms with E-state index in [-0.39, 0.29) is 21.2 Å². The van der Waals surface area contributed by atoms with Gasteiger partial charge in [0.1, 0.15) is 11.5 Å². The molecule has 0 atom stereocenters. The Labute approximate surface area is 121 Å². The van der Waals surface area contributed by atoms with E-state index in [2.05, 4.69) is 5.32 Å². The highest BCUT2D eigenvalue weighted by atomic mass is 35.5. The summed E-state index contributed by atoms with van der Waals surface area (Å²) in [6.07, 6.45) is 0. The topological polar surface area (TPSA) is 66.5 Å². The van der Waals surface area contributed by atoms with Crippen LogP contribution in [0.2, 0.25) is 0 Å². The van der Waals surface area contributed by atoms with Crippen molar-refractivity contribution in [3.8, 4) is 0 Å². The standard InChI is InChI=1S/C12H12ClFN2O3S/c1-3-15-12(17)11-10(13)8-6-7(14)4-5-9(8)20(18,19)16(11)2/h4-6H,3H2,1-2H3,(H,15,17). The van der Waals surface area contributed by atoms with E-state index in [4.69, 9.17) is 11.6 Å². The Morgan fingerprint density at radius 1 is 1.45 bits per heavy atom. The zero-order valence-electron chi connectivity index (χ0n) is 10.8. The smallest absolute Gasteiger partial charge is 0.270 e. The number of nitrogens with zero attached hydrogens (tertiary/aromatic N) is 1. The summed E-state index contributed by atoms with van der Waals surface area (Å²) in [6, 6.07) is 3.17. The largest absolute Gasteiger partial charge is 0.351 e. The molecule has 0 aliphatic carbocycles. The van der Waals surface area contributed by atoms with Gasteiger partial charge in [-0.25, -0.2) is 12.8 Å². The van der Waals surface area contributed by atoms with E-state index < -0.39 is 21.7 Å². The molecule has 5 nitrogen and oxygen atoms in total. The van der Waals surface area contributed by atoms with Crippen molar-refractivity contribution >= 4 is 32.6 Å². The molecule has 1 aromatic carbocycles. The molecule has 8 heteroatoms. The summed E-state index contributed by atoms with van der Waals surface area (Å²) >= 11 is 6.08. The minimum atomic E-state index is -3.92. The molecule has 1 aliphatic heterocycles. The van der Waals surface area contributed by atoms with Gasteiger partial charge in [-0.2, -0.15) is 0 Å². The molecule has 20 heavy (non-hydrogen) atoms. The van der Waals surface area contributed by atoms with Crippen molar-refractivity contribution in [2.45, 2.75) is 11.8 Å². The maximum Gasteiger partial charge on any atom is 0.270 e. The quantitative estimate of drug-likeness (QED) is 0.898. The number of rotatable bonds is 2. The number of carbonyl (C=O) groups is 1. The highest BCUT2D eigenvalue weighted by molar-refractivity contribution is 7.89. The second-order valence-corrected chi connectivity index (χ2v) is 6.45.